The summed E-state index contributed by atoms with van der Waals surface area (Å²) in [5.41, 5.74) is 5.60. The number of carbonyl (C=O) groups excluding carboxylic acids is 2. The Morgan fingerprint density at radius 3 is 1.88 bits per heavy atom. The van der Waals surface area contributed by atoms with Crippen LogP contribution in [-0.4, -0.2) is 18.7 Å². The third-order valence-electron chi connectivity index (χ3n) is 3.72. The predicted octanol–water partition coefficient (Wildman–Crippen LogP) is 2.08. The molecule has 1 amide bonds. The maximum atomic E-state index is 11.9. The molecular formula is C13H15NO2. The minimum atomic E-state index is -0.425. The van der Waals surface area contributed by atoms with Crippen molar-refractivity contribution in [2.45, 2.75) is 27.7 Å². The summed E-state index contributed by atoms with van der Waals surface area (Å²) in [5, 5.41) is 0. The van der Waals surface area contributed by atoms with Gasteiger partial charge in [0.25, 0.3) is 11.7 Å². The Morgan fingerprint density at radius 1 is 0.812 bits per heavy atom. The highest BCUT2D eigenvalue weighted by molar-refractivity contribution is 6.52. The van der Waals surface area contributed by atoms with Gasteiger partial charge in [0.05, 0.1) is 11.3 Å². The van der Waals surface area contributed by atoms with E-state index in [0.29, 0.717) is 5.56 Å². The Morgan fingerprint density at radius 2 is 1.31 bits per heavy atom. The number of fused-ring (bicyclic) bond motifs is 1. The molecule has 0 N–H and O–H groups in total. The lowest BCUT2D eigenvalue weighted by atomic mass is 9.92. The fourth-order valence-corrected chi connectivity index (χ4v) is 2.35. The summed E-state index contributed by atoms with van der Waals surface area (Å²) in [6.45, 7) is 7.89. The molecule has 0 atom stereocenters. The molecule has 1 aromatic carbocycles. The van der Waals surface area contributed by atoms with Gasteiger partial charge in [0, 0.05) is 7.05 Å². The molecule has 84 valence electrons. The highest BCUT2D eigenvalue weighted by Crippen LogP contribution is 2.37. The van der Waals surface area contributed by atoms with Crippen molar-refractivity contribution in [3.8, 4) is 0 Å². The maximum absolute atomic E-state index is 11.9. The fourth-order valence-electron chi connectivity index (χ4n) is 2.35. The number of ketones is 1. The number of Topliss-reactive ketones (excluding diaryl/α,β-unsaturated/α-hetero) is 1. The molecule has 0 aliphatic carbocycles. The lowest BCUT2D eigenvalue weighted by Gasteiger charge is -2.17. The molecule has 1 aliphatic heterocycles. The molecule has 1 aliphatic rings. The Labute approximate surface area is 95.1 Å². The Kier molecular flexibility index (Phi) is 2.15. The molecule has 3 heteroatoms. The third kappa shape index (κ3) is 1.08. The van der Waals surface area contributed by atoms with E-state index in [0.717, 1.165) is 27.9 Å². The predicted molar refractivity (Wildman–Crippen MR) is 63.1 cm³/mol. The van der Waals surface area contributed by atoms with E-state index in [4.69, 9.17) is 0 Å². The van der Waals surface area contributed by atoms with Crippen LogP contribution in [0, 0.1) is 27.7 Å². The van der Waals surface area contributed by atoms with Gasteiger partial charge in [-0.25, -0.2) is 0 Å². The SMILES string of the molecule is Cc1c(C)c(C)c2c(c1C)C(=O)C(=O)N2C. The van der Waals surface area contributed by atoms with E-state index in [2.05, 4.69) is 0 Å². The van der Waals surface area contributed by atoms with Crippen molar-refractivity contribution < 1.29 is 9.59 Å². The molecular weight excluding hydrogens is 202 g/mol. The molecule has 0 spiro atoms. The molecule has 1 heterocycles. The molecule has 3 nitrogen and oxygen atoms in total. The standard InChI is InChI=1S/C13H15NO2/c1-6-7(2)9(4)11-10(8(6)3)12(15)13(16)14(11)5/h1-5H3. The van der Waals surface area contributed by atoms with Gasteiger partial charge in [-0.1, -0.05) is 0 Å². The van der Waals surface area contributed by atoms with Crippen LogP contribution in [0.3, 0.4) is 0 Å². The zero-order valence-corrected chi connectivity index (χ0v) is 10.3. The zero-order chi connectivity index (χ0) is 12.2. The number of amides is 1. The molecule has 0 saturated heterocycles. The fraction of sp³-hybridized carbons (Fsp3) is 0.385. The van der Waals surface area contributed by atoms with Crippen molar-refractivity contribution in [3.63, 3.8) is 0 Å². The molecule has 0 saturated carbocycles. The average Bonchev–Trinajstić information content (AvgIpc) is 2.48. The summed E-state index contributed by atoms with van der Waals surface area (Å²) < 4.78 is 0. The number of hydrogen-bond donors (Lipinski definition) is 0. The van der Waals surface area contributed by atoms with Crippen LogP contribution < -0.4 is 4.90 Å². The zero-order valence-electron chi connectivity index (χ0n) is 10.3. The number of hydrogen-bond acceptors (Lipinski definition) is 2. The quantitative estimate of drug-likeness (QED) is 0.624. The summed E-state index contributed by atoms with van der Waals surface area (Å²) in [6.07, 6.45) is 0. The van der Waals surface area contributed by atoms with Gasteiger partial charge in [-0.2, -0.15) is 0 Å². The van der Waals surface area contributed by atoms with Gasteiger partial charge in [0.15, 0.2) is 0 Å². The third-order valence-corrected chi connectivity index (χ3v) is 3.72. The van der Waals surface area contributed by atoms with E-state index >= 15 is 0 Å². The van der Waals surface area contributed by atoms with E-state index < -0.39 is 5.91 Å². The van der Waals surface area contributed by atoms with Crippen LogP contribution in [0.2, 0.25) is 0 Å². The van der Waals surface area contributed by atoms with Gasteiger partial charge in [0.2, 0.25) is 0 Å². The summed E-state index contributed by atoms with van der Waals surface area (Å²) in [4.78, 5) is 25.0. The summed E-state index contributed by atoms with van der Waals surface area (Å²) in [7, 11) is 1.66. The first-order valence-electron chi connectivity index (χ1n) is 5.30. The van der Waals surface area contributed by atoms with Gasteiger partial charge in [-0.15, -0.1) is 0 Å². The van der Waals surface area contributed by atoms with Crippen molar-refractivity contribution in [3.05, 3.63) is 27.8 Å². The van der Waals surface area contributed by atoms with E-state index in [1.807, 2.05) is 27.7 Å². The first-order valence-corrected chi connectivity index (χ1v) is 5.30. The molecule has 16 heavy (non-hydrogen) atoms. The smallest absolute Gasteiger partial charge is 0.299 e. The minimum Gasteiger partial charge on any atom is -0.308 e. The van der Waals surface area contributed by atoms with Crippen molar-refractivity contribution in [2.75, 3.05) is 11.9 Å². The van der Waals surface area contributed by atoms with E-state index in [1.165, 1.54) is 4.90 Å². The molecule has 0 unspecified atom stereocenters. The van der Waals surface area contributed by atoms with E-state index in [9.17, 15) is 9.59 Å². The van der Waals surface area contributed by atoms with Crippen LogP contribution in [0.1, 0.15) is 32.6 Å². The number of nitrogens with zero attached hydrogens (tertiary/aromatic N) is 1. The molecule has 0 fully saturated rings. The second-order valence-electron chi connectivity index (χ2n) is 4.42. The van der Waals surface area contributed by atoms with Gasteiger partial charge in [-0.05, 0) is 49.9 Å². The number of benzene rings is 1. The monoisotopic (exact) mass is 217 g/mol. The minimum absolute atomic E-state index is 0.374. The lowest BCUT2D eigenvalue weighted by Crippen LogP contribution is -2.25. The van der Waals surface area contributed by atoms with Gasteiger partial charge < -0.3 is 4.90 Å². The Hall–Kier alpha value is -1.64. The summed E-state index contributed by atoms with van der Waals surface area (Å²) in [5.74, 6) is -0.799. The lowest BCUT2D eigenvalue weighted by molar-refractivity contribution is -0.114. The highest BCUT2D eigenvalue weighted by Gasteiger charge is 2.37. The number of rotatable bonds is 0. The molecule has 0 radical (unpaired) electrons. The average molecular weight is 217 g/mol. The maximum Gasteiger partial charge on any atom is 0.299 e. The molecule has 0 aromatic heterocycles. The van der Waals surface area contributed by atoms with Crippen LogP contribution in [-0.2, 0) is 4.79 Å². The van der Waals surface area contributed by atoms with E-state index in [1.54, 1.807) is 7.05 Å². The largest absolute Gasteiger partial charge is 0.308 e. The second-order valence-corrected chi connectivity index (χ2v) is 4.42. The van der Waals surface area contributed by atoms with Crippen LogP contribution in [0.5, 0.6) is 0 Å². The molecule has 2 rings (SSSR count). The van der Waals surface area contributed by atoms with Gasteiger partial charge in [0.1, 0.15) is 0 Å². The van der Waals surface area contributed by atoms with Gasteiger partial charge >= 0.3 is 0 Å². The second kappa shape index (κ2) is 3.17. The first kappa shape index (κ1) is 10.9. The Bertz CT molecular complexity index is 529. The van der Waals surface area contributed by atoms with E-state index in [-0.39, 0.29) is 5.78 Å². The van der Waals surface area contributed by atoms with Crippen LogP contribution in [0.15, 0.2) is 0 Å². The van der Waals surface area contributed by atoms with Crippen molar-refractivity contribution in [2.24, 2.45) is 0 Å². The topological polar surface area (TPSA) is 37.4 Å². The van der Waals surface area contributed by atoms with Crippen LogP contribution in [0.25, 0.3) is 0 Å². The highest BCUT2D eigenvalue weighted by atomic mass is 16.2. The Balaban J connectivity index is 2.91. The van der Waals surface area contributed by atoms with Crippen LogP contribution in [0.4, 0.5) is 5.69 Å². The summed E-state index contributed by atoms with van der Waals surface area (Å²) in [6, 6.07) is 0. The van der Waals surface area contributed by atoms with Crippen molar-refractivity contribution in [1.29, 1.82) is 0 Å². The van der Waals surface area contributed by atoms with Crippen molar-refractivity contribution >= 4 is 17.4 Å². The summed E-state index contributed by atoms with van der Waals surface area (Å²) >= 11 is 0. The number of carbonyl (C=O) groups is 2. The normalized spacial score (nSPS) is 14.7. The van der Waals surface area contributed by atoms with Crippen LogP contribution >= 0.6 is 0 Å². The number of likely N-dealkylation sites (N-methyl/N-ethyl adjacent to an activating group) is 1. The first-order chi connectivity index (χ1) is 7.37. The van der Waals surface area contributed by atoms with Crippen molar-refractivity contribution in [1.82, 2.24) is 0 Å². The molecule has 0 bridgehead atoms. The molecule has 1 aromatic rings. The number of anilines is 1. The van der Waals surface area contributed by atoms with Gasteiger partial charge in [-0.3, -0.25) is 9.59 Å².